The van der Waals surface area contributed by atoms with E-state index in [0.29, 0.717) is 5.85 Å². The van der Waals surface area contributed by atoms with Gasteiger partial charge in [0.05, 0.1) is 0 Å². The molecular weight excluding hydrogens is 263 g/mol. The molecule has 0 radical (unpaired) electrons. The Bertz CT molecular complexity index is 434. The summed E-state index contributed by atoms with van der Waals surface area (Å²) < 4.78 is 6.25. The van der Waals surface area contributed by atoms with Gasteiger partial charge in [-0.1, -0.05) is 69.2 Å². The van der Waals surface area contributed by atoms with E-state index in [0.717, 1.165) is 20.8 Å². The minimum atomic E-state index is 0.103. The Morgan fingerprint density at radius 1 is 1.05 bits per heavy atom. The van der Waals surface area contributed by atoms with Crippen molar-refractivity contribution in [1.82, 2.24) is 0 Å². The van der Waals surface area contributed by atoms with E-state index >= 15 is 0 Å². The van der Waals surface area contributed by atoms with Crippen LogP contribution in [-0.4, -0.2) is 12.5 Å². The summed E-state index contributed by atoms with van der Waals surface area (Å²) >= 11 is 0. The third kappa shape index (κ3) is 4.48. The highest BCUT2D eigenvalue weighted by Crippen LogP contribution is 2.37. The van der Waals surface area contributed by atoms with Gasteiger partial charge >= 0.3 is 0 Å². The van der Waals surface area contributed by atoms with Gasteiger partial charge < -0.3 is 4.74 Å². The molecule has 0 spiro atoms. The maximum Gasteiger partial charge on any atom is 0.123 e. The Balaban J connectivity index is 3.24. The summed E-state index contributed by atoms with van der Waals surface area (Å²) in [5.74, 6) is 1.41. The predicted octanol–water partition coefficient (Wildman–Crippen LogP) is 5.70. The van der Waals surface area contributed by atoms with Crippen molar-refractivity contribution < 1.29 is 4.74 Å². The molecule has 114 valence electrons. The van der Waals surface area contributed by atoms with Crippen LogP contribution < -0.4 is 4.74 Å². The fourth-order valence-electron chi connectivity index (χ4n) is 2.19. The summed E-state index contributed by atoms with van der Waals surface area (Å²) in [5.41, 5.74) is 2.98. The molecule has 0 aliphatic carbocycles. The van der Waals surface area contributed by atoms with Crippen molar-refractivity contribution in [3.8, 4) is 5.75 Å². The van der Waals surface area contributed by atoms with Crippen LogP contribution in [0.5, 0.6) is 5.75 Å². The summed E-state index contributed by atoms with van der Waals surface area (Å²) in [6, 6.07) is 6.72. The number of hydrogen-bond acceptors (Lipinski definition) is 1. The van der Waals surface area contributed by atoms with Crippen molar-refractivity contribution in [3.05, 3.63) is 29.3 Å². The largest absolute Gasteiger partial charge is 0.486 e. The summed E-state index contributed by atoms with van der Waals surface area (Å²) in [7, 11) is 0.818. The Morgan fingerprint density at radius 2 is 1.65 bits per heavy atom. The molecule has 0 amide bonds. The molecular formula is C18H31OP. The Labute approximate surface area is 127 Å². The van der Waals surface area contributed by atoms with Crippen molar-refractivity contribution in [2.45, 2.75) is 71.6 Å². The average Bonchev–Trinajstić information content (AvgIpc) is 2.33. The molecule has 0 aliphatic heterocycles. The van der Waals surface area contributed by atoms with Crippen LogP contribution in [0.2, 0.25) is 0 Å². The molecule has 0 saturated heterocycles. The lowest BCUT2D eigenvalue weighted by Gasteiger charge is -2.28. The second-order valence-electron chi connectivity index (χ2n) is 7.51. The van der Waals surface area contributed by atoms with Gasteiger partial charge in [0.15, 0.2) is 0 Å². The zero-order valence-corrected chi connectivity index (χ0v) is 15.4. The second-order valence-corrected chi connectivity index (χ2v) is 8.74. The third-order valence-corrected chi connectivity index (χ3v) is 4.79. The highest BCUT2D eigenvalue weighted by Gasteiger charge is 2.23. The molecule has 1 nitrogen and oxygen atoms in total. The minimum Gasteiger partial charge on any atom is -0.486 e. The Morgan fingerprint density at radius 3 is 2.05 bits per heavy atom. The van der Waals surface area contributed by atoms with E-state index in [1.807, 2.05) is 0 Å². The van der Waals surface area contributed by atoms with Crippen LogP contribution in [0.15, 0.2) is 18.2 Å². The SMILES string of the molecule is CCC(Oc1ccc(C(C)(C)C)cc1C(C)(C)C)PC. The monoisotopic (exact) mass is 294 g/mol. The van der Waals surface area contributed by atoms with E-state index in [2.05, 4.69) is 73.3 Å². The predicted molar refractivity (Wildman–Crippen MR) is 92.8 cm³/mol. The quantitative estimate of drug-likeness (QED) is 0.647. The van der Waals surface area contributed by atoms with Crippen molar-refractivity contribution in [2.75, 3.05) is 6.66 Å². The molecule has 0 fully saturated rings. The number of benzene rings is 1. The Hall–Kier alpha value is -0.550. The molecule has 0 aliphatic rings. The van der Waals surface area contributed by atoms with Gasteiger partial charge in [-0.15, -0.1) is 0 Å². The molecule has 0 saturated carbocycles. The van der Waals surface area contributed by atoms with Crippen LogP contribution in [-0.2, 0) is 10.8 Å². The molecule has 0 bridgehead atoms. The van der Waals surface area contributed by atoms with E-state index in [1.54, 1.807) is 0 Å². The van der Waals surface area contributed by atoms with Gasteiger partial charge in [-0.05, 0) is 41.1 Å². The average molecular weight is 294 g/mol. The van der Waals surface area contributed by atoms with E-state index < -0.39 is 0 Å². The van der Waals surface area contributed by atoms with E-state index in [1.165, 1.54) is 11.1 Å². The lowest BCUT2D eigenvalue weighted by molar-refractivity contribution is 0.273. The molecule has 1 aromatic rings. The van der Waals surface area contributed by atoms with Crippen LogP contribution in [0.4, 0.5) is 0 Å². The zero-order valence-electron chi connectivity index (χ0n) is 14.4. The van der Waals surface area contributed by atoms with Crippen LogP contribution in [0.1, 0.15) is 66.0 Å². The topological polar surface area (TPSA) is 9.23 Å². The van der Waals surface area contributed by atoms with E-state index in [9.17, 15) is 0 Å². The minimum absolute atomic E-state index is 0.103. The number of ether oxygens (including phenoxy) is 1. The van der Waals surface area contributed by atoms with Crippen molar-refractivity contribution in [3.63, 3.8) is 0 Å². The molecule has 2 heteroatoms. The zero-order chi connectivity index (χ0) is 15.6. The molecule has 2 unspecified atom stereocenters. The third-order valence-electron chi connectivity index (χ3n) is 3.62. The first-order valence-corrected chi connectivity index (χ1v) is 9.16. The van der Waals surface area contributed by atoms with E-state index in [-0.39, 0.29) is 10.8 Å². The fourth-order valence-corrected chi connectivity index (χ4v) is 2.84. The van der Waals surface area contributed by atoms with Gasteiger partial charge in [-0.2, -0.15) is 0 Å². The van der Waals surface area contributed by atoms with E-state index in [4.69, 9.17) is 4.74 Å². The first kappa shape index (κ1) is 17.5. The summed E-state index contributed by atoms with van der Waals surface area (Å²) in [4.78, 5) is 0. The molecule has 0 heterocycles. The molecule has 0 aromatic heterocycles. The number of hydrogen-bond donors (Lipinski definition) is 0. The number of rotatable bonds is 4. The molecule has 0 N–H and O–H groups in total. The van der Waals surface area contributed by atoms with Crippen LogP contribution in [0.25, 0.3) is 0 Å². The smallest absolute Gasteiger partial charge is 0.123 e. The highest BCUT2D eigenvalue weighted by atomic mass is 31.1. The lowest BCUT2D eigenvalue weighted by Crippen LogP contribution is -2.19. The summed E-state index contributed by atoms with van der Waals surface area (Å²) in [6.45, 7) is 18.0. The van der Waals surface area contributed by atoms with Gasteiger partial charge in [0.2, 0.25) is 0 Å². The Kier molecular flexibility index (Phi) is 5.67. The molecule has 2 atom stereocenters. The van der Waals surface area contributed by atoms with Gasteiger partial charge in [0.1, 0.15) is 11.6 Å². The normalized spacial score (nSPS) is 14.8. The van der Waals surface area contributed by atoms with Crippen molar-refractivity contribution >= 4 is 8.58 Å². The van der Waals surface area contributed by atoms with Crippen LogP contribution >= 0.6 is 8.58 Å². The standard InChI is InChI=1S/C18H31OP/c1-9-16(20-8)19-15-11-10-13(17(2,3)4)12-14(15)18(5,6)7/h10-12,16,20H,9H2,1-8H3. The summed E-state index contributed by atoms with van der Waals surface area (Å²) in [6.07, 6.45) is 1.07. The molecule has 1 aromatic carbocycles. The van der Waals surface area contributed by atoms with Crippen LogP contribution in [0, 0.1) is 0 Å². The van der Waals surface area contributed by atoms with Gasteiger partial charge in [-0.25, -0.2) is 0 Å². The van der Waals surface area contributed by atoms with Gasteiger partial charge in [0.25, 0.3) is 0 Å². The second kappa shape index (κ2) is 6.48. The van der Waals surface area contributed by atoms with Crippen molar-refractivity contribution in [1.29, 1.82) is 0 Å². The van der Waals surface area contributed by atoms with Gasteiger partial charge in [0, 0.05) is 0 Å². The van der Waals surface area contributed by atoms with Gasteiger partial charge in [-0.3, -0.25) is 0 Å². The first-order chi connectivity index (χ1) is 9.09. The van der Waals surface area contributed by atoms with Crippen LogP contribution in [0.3, 0.4) is 0 Å². The highest BCUT2D eigenvalue weighted by molar-refractivity contribution is 7.37. The molecule has 20 heavy (non-hydrogen) atoms. The molecule has 1 rings (SSSR count). The maximum atomic E-state index is 6.25. The lowest BCUT2D eigenvalue weighted by atomic mass is 9.80. The fraction of sp³-hybridized carbons (Fsp3) is 0.667. The maximum absolute atomic E-state index is 6.25. The first-order valence-electron chi connectivity index (χ1n) is 7.58. The van der Waals surface area contributed by atoms with Crippen molar-refractivity contribution in [2.24, 2.45) is 0 Å². The summed E-state index contributed by atoms with van der Waals surface area (Å²) in [5, 5.41) is 0.